The first kappa shape index (κ1) is 7.61. The number of benzene rings is 1. The summed E-state index contributed by atoms with van der Waals surface area (Å²) in [4.78, 5) is 0. The van der Waals surface area contributed by atoms with E-state index in [0.717, 1.165) is 17.7 Å². The summed E-state index contributed by atoms with van der Waals surface area (Å²) in [6.07, 6.45) is 0.767. The summed E-state index contributed by atoms with van der Waals surface area (Å²) in [5, 5.41) is 9.15. The Morgan fingerprint density at radius 1 is 1.50 bits per heavy atom. The molecule has 0 aliphatic carbocycles. The molecule has 1 atom stereocenters. The molecule has 0 saturated carbocycles. The molecule has 1 aromatic rings. The summed E-state index contributed by atoms with van der Waals surface area (Å²) in [7, 11) is -0.940. The number of hydrogen-bond donors (Lipinski definition) is 2. The van der Waals surface area contributed by atoms with Gasteiger partial charge < -0.3 is 9.83 Å². The second kappa shape index (κ2) is 2.79. The number of anilines is 1. The number of aryl methyl sites for hydroxylation is 1. The van der Waals surface area contributed by atoms with Crippen LogP contribution >= 0.6 is 0 Å². The molecule has 1 aliphatic rings. The van der Waals surface area contributed by atoms with E-state index in [9.17, 15) is 4.21 Å². The van der Waals surface area contributed by atoms with Gasteiger partial charge in [0.1, 0.15) is 16.7 Å². The van der Waals surface area contributed by atoms with Crippen molar-refractivity contribution >= 4 is 16.7 Å². The lowest BCUT2D eigenvalue weighted by Crippen LogP contribution is -2.17. The molecule has 12 heavy (non-hydrogen) atoms. The molecular formula is C8H9NO2S. The molecule has 1 unspecified atom stereocenters. The van der Waals surface area contributed by atoms with E-state index in [0.29, 0.717) is 5.75 Å². The molecular weight excluding hydrogens is 174 g/mol. The Hall–Kier alpha value is -1.03. The number of phenols is 1. The average Bonchev–Trinajstić information content (AvgIpc) is 2.05. The Morgan fingerprint density at radius 2 is 2.33 bits per heavy atom. The van der Waals surface area contributed by atoms with Crippen molar-refractivity contribution in [3.63, 3.8) is 0 Å². The second-order valence-corrected chi connectivity index (χ2v) is 4.05. The van der Waals surface area contributed by atoms with Crippen LogP contribution < -0.4 is 4.72 Å². The number of hydrogen-bond acceptors (Lipinski definition) is 2. The van der Waals surface area contributed by atoms with E-state index < -0.39 is 11.0 Å². The topological polar surface area (TPSA) is 49.3 Å². The van der Waals surface area contributed by atoms with Crippen LogP contribution in [0.3, 0.4) is 0 Å². The van der Waals surface area contributed by atoms with Gasteiger partial charge in [-0.3, -0.25) is 0 Å². The van der Waals surface area contributed by atoms with Crippen LogP contribution in [0.2, 0.25) is 0 Å². The predicted molar refractivity (Wildman–Crippen MR) is 48.4 cm³/mol. The number of nitrogens with one attached hydrogen (secondary N) is 1. The zero-order valence-electron chi connectivity index (χ0n) is 6.41. The van der Waals surface area contributed by atoms with Gasteiger partial charge in [0, 0.05) is 11.4 Å². The Kier molecular flexibility index (Phi) is 1.77. The molecule has 3 nitrogen and oxygen atoms in total. The molecule has 4 heteroatoms. The molecule has 1 heterocycles. The monoisotopic (exact) mass is 183 g/mol. The first-order valence-corrected chi connectivity index (χ1v) is 5.04. The van der Waals surface area contributed by atoms with Gasteiger partial charge in [-0.2, -0.15) is 0 Å². The molecule has 0 radical (unpaired) electrons. The van der Waals surface area contributed by atoms with Crippen molar-refractivity contribution in [1.29, 1.82) is 0 Å². The van der Waals surface area contributed by atoms with Crippen LogP contribution in [-0.2, 0) is 17.4 Å². The summed E-state index contributed by atoms with van der Waals surface area (Å²) in [6, 6.07) is 5.05. The number of rotatable bonds is 0. The Bertz CT molecular complexity index is 338. The van der Waals surface area contributed by atoms with Gasteiger partial charge in [-0.05, 0) is 30.2 Å². The average molecular weight is 183 g/mol. The van der Waals surface area contributed by atoms with Gasteiger partial charge in [0.05, 0.1) is 0 Å². The normalized spacial score (nSPS) is 21.2. The van der Waals surface area contributed by atoms with E-state index in [-0.39, 0.29) is 5.75 Å². The van der Waals surface area contributed by atoms with E-state index in [2.05, 4.69) is 4.72 Å². The molecule has 0 amide bonds. The molecule has 0 saturated heterocycles. The maximum Gasteiger partial charge on any atom is 0.117 e. The molecule has 64 valence electrons. The van der Waals surface area contributed by atoms with Crippen molar-refractivity contribution in [2.24, 2.45) is 0 Å². The first-order valence-electron chi connectivity index (χ1n) is 3.72. The van der Waals surface area contributed by atoms with Crippen molar-refractivity contribution in [2.75, 3.05) is 10.5 Å². The van der Waals surface area contributed by atoms with Crippen molar-refractivity contribution in [1.82, 2.24) is 0 Å². The fourth-order valence-electron chi connectivity index (χ4n) is 1.26. The highest BCUT2D eigenvalue weighted by Gasteiger charge is 2.13. The van der Waals surface area contributed by atoms with Gasteiger partial charge in [0.2, 0.25) is 0 Å². The summed E-state index contributed by atoms with van der Waals surface area (Å²) < 4.78 is 13.9. The number of fused-ring (bicyclic) bond motifs is 1. The summed E-state index contributed by atoms with van der Waals surface area (Å²) in [6.45, 7) is 0. The zero-order chi connectivity index (χ0) is 8.55. The largest absolute Gasteiger partial charge is 0.508 e. The molecule has 0 fully saturated rings. The molecule has 1 aliphatic heterocycles. The Balaban J connectivity index is 2.43. The van der Waals surface area contributed by atoms with Gasteiger partial charge in [0.25, 0.3) is 0 Å². The third-order valence-corrected chi connectivity index (χ3v) is 2.89. The van der Waals surface area contributed by atoms with Crippen LogP contribution in [-0.4, -0.2) is 15.1 Å². The van der Waals surface area contributed by atoms with Crippen LogP contribution in [0.1, 0.15) is 5.56 Å². The number of phenolic OH excluding ortho intramolecular Hbond substituents is 1. The minimum absolute atomic E-state index is 0.267. The highest BCUT2D eigenvalue weighted by atomic mass is 32.2. The molecule has 0 aromatic heterocycles. The fraction of sp³-hybridized carbons (Fsp3) is 0.250. The maximum atomic E-state index is 11.0. The van der Waals surface area contributed by atoms with Gasteiger partial charge in [-0.25, -0.2) is 4.21 Å². The SMILES string of the molecule is O=S1CCc2cc(O)ccc2N1. The van der Waals surface area contributed by atoms with Crippen LogP contribution in [0, 0.1) is 0 Å². The van der Waals surface area contributed by atoms with Gasteiger partial charge in [-0.1, -0.05) is 0 Å². The van der Waals surface area contributed by atoms with Crippen molar-refractivity contribution in [2.45, 2.75) is 6.42 Å². The van der Waals surface area contributed by atoms with E-state index in [4.69, 9.17) is 5.11 Å². The highest BCUT2D eigenvalue weighted by Crippen LogP contribution is 2.25. The highest BCUT2D eigenvalue weighted by molar-refractivity contribution is 7.86. The Labute approximate surface area is 73.0 Å². The van der Waals surface area contributed by atoms with Gasteiger partial charge >= 0.3 is 0 Å². The van der Waals surface area contributed by atoms with E-state index >= 15 is 0 Å². The van der Waals surface area contributed by atoms with Crippen LogP contribution in [0.5, 0.6) is 5.75 Å². The molecule has 2 rings (SSSR count). The zero-order valence-corrected chi connectivity index (χ0v) is 7.23. The minimum atomic E-state index is -0.940. The van der Waals surface area contributed by atoms with Crippen molar-refractivity contribution < 1.29 is 9.32 Å². The molecule has 2 N–H and O–H groups in total. The lowest BCUT2D eigenvalue weighted by atomic mass is 10.1. The smallest absolute Gasteiger partial charge is 0.117 e. The maximum absolute atomic E-state index is 11.0. The van der Waals surface area contributed by atoms with Gasteiger partial charge in [0.15, 0.2) is 0 Å². The standard InChI is InChI=1S/C8H9NO2S/c10-7-1-2-8-6(5-7)3-4-12(11)9-8/h1-2,5,9-10H,3-4H2. The fourth-order valence-corrected chi connectivity index (χ4v) is 2.21. The third kappa shape index (κ3) is 1.30. The minimum Gasteiger partial charge on any atom is -0.508 e. The van der Waals surface area contributed by atoms with Crippen LogP contribution in [0.25, 0.3) is 0 Å². The lowest BCUT2D eigenvalue weighted by molar-refractivity contribution is 0.474. The predicted octanol–water partition coefficient (Wildman–Crippen LogP) is 1.02. The Morgan fingerprint density at radius 3 is 3.17 bits per heavy atom. The molecule has 0 spiro atoms. The lowest BCUT2D eigenvalue weighted by Gasteiger charge is -2.16. The van der Waals surface area contributed by atoms with E-state index in [1.165, 1.54) is 0 Å². The second-order valence-electron chi connectivity index (χ2n) is 2.74. The summed E-state index contributed by atoms with van der Waals surface area (Å²) >= 11 is 0. The van der Waals surface area contributed by atoms with Gasteiger partial charge in [-0.15, -0.1) is 0 Å². The quantitative estimate of drug-likeness (QED) is 0.590. The van der Waals surface area contributed by atoms with Crippen LogP contribution in [0.4, 0.5) is 5.69 Å². The third-order valence-electron chi connectivity index (χ3n) is 1.87. The molecule has 0 bridgehead atoms. The molecule has 1 aromatic carbocycles. The number of aromatic hydroxyl groups is 1. The van der Waals surface area contributed by atoms with E-state index in [1.54, 1.807) is 18.2 Å². The first-order chi connectivity index (χ1) is 5.75. The van der Waals surface area contributed by atoms with Crippen LogP contribution in [0.15, 0.2) is 18.2 Å². The van der Waals surface area contributed by atoms with Crippen molar-refractivity contribution in [3.05, 3.63) is 23.8 Å². The van der Waals surface area contributed by atoms with E-state index in [1.807, 2.05) is 0 Å². The summed E-state index contributed by atoms with van der Waals surface area (Å²) in [5.41, 5.74) is 1.91. The van der Waals surface area contributed by atoms with Crippen molar-refractivity contribution in [3.8, 4) is 5.75 Å². The summed E-state index contributed by atoms with van der Waals surface area (Å²) in [5.74, 6) is 0.888.